The summed E-state index contributed by atoms with van der Waals surface area (Å²) >= 11 is 0. The third kappa shape index (κ3) is 1.72. The van der Waals surface area contributed by atoms with Gasteiger partial charge in [-0.1, -0.05) is 31.0 Å². The summed E-state index contributed by atoms with van der Waals surface area (Å²) in [6.45, 7) is 1.99. The Morgan fingerprint density at radius 2 is 2.20 bits per heavy atom. The van der Waals surface area contributed by atoms with Crippen LogP contribution < -0.4 is 0 Å². The molecule has 0 amide bonds. The smallest absolute Gasteiger partial charge is 0.306 e. The van der Waals surface area contributed by atoms with Crippen LogP contribution in [0.25, 0.3) is 0 Å². The quantitative estimate of drug-likeness (QED) is 0.775. The van der Waals surface area contributed by atoms with E-state index in [1.54, 1.807) is 0 Å². The number of rotatable bonds is 2. The van der Waals surface area contributed by atoms with Crippen molar-refractivity contribution in [1.29, 1.82) is 0 Å². The number of Topliss-reactive ketones (excluding diaryl/α,β-unsaturated/α-hetero) is 1. The number of ketones is 1. The number of ether oxygens (including phenoxy) is 1. The zero-order valence-corrected chi connectivity index (χ0v) is 12.1. The Morgan fingerprint density at radius 1 is 1.40 bits per heavy atom. The Morgan fingerprint density at radius 3 is 2.95 bits per heavy atom. The van der Waals surface area contributed by atoms with Crippen molar-refractivity contribution < 1.29 is 14.3 Å². The summed E-state index contributed by atoms with van der Waals surface area (Å²) in [7, 11) is 1.40. The molecule has 0 N–H and O–H groups in total. The fourth-order valence-corrected chi connectivity index (χ4v) is 4.13. The SMILES string of the molecule is COC(=O)CC12CCCCC1c1cccc(C)c1C2=O. The number of carbonyl (C=O) groups is 2. The van der Waals surface area contributed by atoms with E-state index in [1.807, 2.05) is 19.1 Å². The minimum Gasteiger partial charge on any atom is -0.469 e. The van der Waals surface area contributed by atoms with Crippen molar-refractivity contribution >= 4 is 11.8 Å². The van der Waals surface area contributed by atoms with Gasteiger partial charge in [0.05, 0.1) is 18.9 Å². The standard InChI is InChI=1S/C17H20O3/c1-11-6-5-7-12-13-8-3-4-9-17(13,10-14(18)20-2)16(19)15(11)12/h5-7,13H,3-4,8-10H2,1-2H3. The van der Waals surface area contributed by atoms with Crippen LogP contribution in [0.4, 0.5) is 0 Å². The van der Waals surface area contributed by atoms with E-state index in [9.17, 15) is 9.59 Å². The predicted molar refractivity (Wildman–Crippen MR) is 75.8 cm³/mol. The molecule has 3 nitrogen and oxygen atoms in total. The maximum absolute atomic E-state index is 13.0. The lowest BCUT2D eigenvalue weighted by Gasteiger charge is -2.37. The molecule has 2 aliphatic rings. The van der Waals surface area contributed by atoms with Crippen molar-refractivity contribution in [2.45, 2.75) is 44.9 Å². The van der Waals surface area contributed by atoms with Crippen LogP contribution in [0, 0.1) is 12.3 Å². The number of carbonyl (C=O) groups excluding carboxylic acids is 2. The van der Waals surface area contributed by atoms with Gasteiger partial charge in [0.2, 0.25) is 0 Å². The maximum Gasteiger partial charge on any atom is 0.306 e. The third-order valence-corrected chi connectivity index (χ3v) is 5.08. The lowest BCUT2D eigenvalue weighted by atomic mass is 9.64. The summed E-state index contributed by atoms with van der Waals surface area (Å²) in [5.41, 5.74) is 2.51. The summed E-state index contributed by atoms with van der Waals surface area (Å²) < 4.78 is 4.84. The molecule has 1 saturated carbocycles. The predicted octanol–water partition coefficient (Wildman–Crippen LogP) is 3.40. The minimum absolute atomic E-state index is 0.167. The van der Waals surface area contributed by atoms with Gasteiger partial charge in [-0.05, 0) is 36.8 Å². The first-order valence-corrected chi connectivity index (χ1v) is 7.31. The zero-order valence-electron chi connectivity index (χ0n) is 12.1. The first-order chi connectivity index (χ1) is 9.60. The van der Waals surface area contributed by atoms with Crippen molar-refractivity contribution in [1.82, 2.24) is 0 Å². The van der Waals surface area contributed by atoms with E-state index in [0.717, 1.165) is 42.4 Å². The van der Waals surface area contributed by atoms with E-state index in [4.69, 9.17) is 4.74 Å². The third-order valence-electron chi connectivity index (χ3n) is 5.08. The van der Waals surface area contributed by atoms with E-state index in [0.29, 0.717) is 0 Å². The molecule has 0 spiro atoms. The zero-order chi connectivity index (χ0) is 14.3. The molecule has 2 unspecified atom stereocenters. The molecule has 106 valence electrons. The maximum atomic E-state index is 13.0. The number of esters is 1. The van der Waals surface area contributed by atoms with Crippen molar-refractivity contribution in [2.24, 2.45) is 5.41 Å². The molecule has 3 heteroatoms. The number of hydrogen-bond donors (Lipinski definition) is 0. The van der Waals surface area contributed by atoms with E-state index < -0.39 is 5.41 Å². The van der Waals surface area contributed by atoms with Crippen LogP contribution in [0.1, 0.15) is 59.5 Å². The van der Waals surface area contributed by atoms with Gasteiger partial charge in [-0.15, -0.1) is 0 Å². The molecular weight excluding hydrogens is 252 g/mol. The number of hydrogen-bond acceptors (Lipinski definition) is 3. The average Bonchev–Trinajstić information content (AvgIpc) is 2.70. The highest BCUT2D eigenvalue weighted by molar-refractivity contribution is 6.08. The molecule has 0 aromatic heterocycles. The van der Waals surface area contributed by atoms with Crippen LogP contribution in [-0.4, -0.2) is 18.9 Å². The number of benzene rings is 1. The Kier molecular flexibility index (Phi) is 3.15. The summed E-state index contributed by atoms with van der Waals surface area (Å²) in [4.78, 5) is 24.8. The van der Waals surface area contributed by atoms with Crippen LogP contribution in [0.15, 0.2) is 18.2 Å². The van der Waals surface area contributed by atoms with Crippen LogP contribution in [0.3, 0.4) is 0 Å². The van der Waals surface area contributed by atoms with Gasteiger partial charge in [-0.2, -0.15) is 0 Å². The molecule has 0 aliphatic heterocycles. The van der Waals surface area contributed by atoms with E-state index in [1.165, 1.54) is 7.11 Å². The first kappa shape index (κ1) is 13.3. The van der Waals surface area contributed by atoms with Crippen LogP contribution >= 0.6 is 0 Å². The fraction of sp³-hybridized carbons (Fsp3) is 0.529. The molecule has 0 bridgehead atoms. The van der Waals surface area contributed by atoms with Gasteiger partial charge in [0.1, 0.15) is 0 Å². The van der Waals surface area contributed by atoms with Crippen molar-refractivity contribution in [3.8, 4) is 0 Å². The van der Waals surface area contributed by atoms with E-state index in [2.05, 4.69) is 6.07 Å². The van der Waals surface area contributed by atoms with Crippen molar-refractivity contribution in [3.05, 3.63) is 34.9 Å². The number of methoxy groups -OCH3 is 1. The van der Waals surface area contributed by atoms with Crippen LogP contribution in [0.2, 0.25) is 0 Å². The topological polar surface area (TPSA) is 43.4 Å². The molecule has 1 fully saturated rings. The molecule has 0 saturated heterocycles. The number of aryl methyl sites for hydroxylation is 1. The summed E-state index contributed by atoms with van der Waals surface area (Å²) in [6, 6.07) is 6.07. The highest BCUT2D eigenvalue weighted by Gasteiger charge is 2.55. The van der Waals surface area contributed by atoms with E-state index in [-0.39, 0.29) is 24.1 Å². The molecule has 1 aromatic rings. The molecule has 0 radical (unpaired) electrons. The molecule has 3 rings (SSSR count). The molecule has 2 atom stereocenters. The van der Waals surface area contributed by atoms with Crippen LogP contribution in [-0.2, 0) is 9.53 Å². The second kappa shape index (κ2) is 4.72. The van der Waals surface area contributed by atoms with E-state index >= 15 is 0 Å². The van der Waals surface area contributed by atoms with Gasteiger partial charge in [-0.25, -0.2) is 0 Å². The number of fused-ring (bicyclic) bond motifs is 3. The Bertz CT molecular complexity index is 576. The highest BCUT2D eigenvalue weighted by atomic mass is 16.5. The fourth-order valence-electron chi connectivity index (χ4n) is 4.13. The monoisotopic (exact) mass is 272 g/mol. The largest absolute Gasteiger partial charge is 0.469 e. The van der Waals surface area contributed by atoms with Gasteiger partial charge in [0.25, 0.3) is 0 Å². The Labute approximate surface area is 119 Å². The average molecular weight is 272 g/mol. The Hall–Kier alpha value is -1.64. The lowest BCUT2D eigenvalue weighted by Crippen LogP contribution is -2.37. The molecule has 20 heavy (non-hydrogen) atoms. The van der Waals surface area contributed by atoms with Gasteiger partial charge in [-0.3, -0.25) is 9.59 Å². The van der Waals surface area contributed by atoms with Crippen molar-refractivity contribution in [3.63, 3.8) is 0 Å². The van der Waals surface area contributed by atoms with Gasteiger partial charge >= 0.3 is 5.97 Å². The summed E-state index contributed by atoms with van der Waals surface area (Å²) in [5.74, 6) is 0.0918. The second-order valence-electron chi connectivity index (χ2n) is 6.08. The van der Waals surface area contributed by atoms with Gasteiger partial charge in [0.15, 0.2) is 5.78 Å². The molecular formula is C17H20O3. The van der Waals surface area contributed by atoms with Crippen LogP contribution in [0.5, 0.6) is 0 Å². The minimum atomic E-state index is -0.542. The molecule has 0 heterocycles. The normalized spacial score (nSPS) is 27.9. The van der Waals surface area contributed by atoms with Gasteiger partial charge in [0, 0.05) is 5.56 Å². The Balaban J connectivity index is 2.11. The lowest BCUT2D eigenvalue weighted by molar-refractivity contribution is -0.143. The second-order valence-corrected chi connectivity index (χ2v) is 6.08. The summed E-state index contributed by atoms with van der Waals surface area (Å²) in [5, 5.41) is 0. The summed E-state index contributed by atoms with van der Waals surface area (Å²) in [6.07, 6.45) is 4.18. The van der Waals surface area contributed by atoms with Crippen molar-refractivity contribution in [2.75, 3.05) is 7.11 Å². The molecule has 2 aliphatic carbocycles. The highest BCUT2D eigenvalue weighted by Crippen LogP contribution is 2.57. The van der Waals surface area contributed by atoms with Gasteiger partial charge < -0.3 is 4.74 Å². The first-order valence-electron chi connectivity index (χ1n) is 7.31. The molecule has 1 aromatic carbocycles.